The molecule has 2 aliphatic rings. The largest absolute Gasteiger partial charge is 0.361 e. The molecular formula is C22H27N5O4S. The summed E-state index contributed by atoms with van der Waals surface area (Å²) in [5.41, 5.74) is 4.64. The summed E-state index contributed by atoms with van der Waals surface area (Å²) >= 11 is 0. The fourth-order valence-electron chi connectivity index (χ4n) is 5.04. The zero-order valence-corrected chi connectivity index (χ0v) is 19.3. The number of hydrogen-bond donors (Lipinski definition) is 1. The van der Waals surface area contributed by atoms with Gasteiger partial charge in [0.15, 0.2) is 0 Å². The molecule has 10 heteroatoms. The first-order valence-electron chi connectivity index (χ1n) is 10.9. The summed E-state index contributed by atoms with van der Waals surface area (Å²) in [6, 6.07) is 6.15. The van der Waals surface area contributed by atoms with Gasteiger partial charge in [-0.1, -0.05) is 11.2 Å². The summed E-state index contributed by atoms with van der Waals surface area (Å²) in [6.07, 6.45) is 3.87. The summed E-state index contributed by atoms with van der Waals surface area (Å²) < 4.78 is 33.0. The van der Waals surface area contributed by atoms with E-state index in [1.807, 2.05) is 19.9 Å². The van der Waals surface area contributed by atoms with Crippen LogP contribution in [-0.2, 0) is 14.8 Å². The summed E-state index contributed by atoms with van der Waals surface area (Å²) in [7, 11) is -3.20. The maximum atomic E-state index is 12.0. The molecule has 0 bridgehead atoms. The van der Waals surface area contributed by atoms with Gasteiger partial charge in [0.25, 0.3) is 0 Å². The van der Waals surface area contributed by atoms with E-state index in [4.69, 9.17) is 9.51 Å². The van der Waals surface area contributed by atoms with Gasteiger partial charge in [0.2, 0.25) is 15.9 Å². The van der Waals surface area contributed by atoms with Crippen molar-refractivity contribution in [2.45, 2.75) is 51.6 Å². The molecule has 1 unspecified atom stereocenters. The molecule has 1 atom stereocenters. The summed E-state index contributed by atoms with van der Waals surface area (Å²) in [4.78, 5) is 16.9. The Morgan fingerprint density at radius 1 is 1.16 bits per heavy atom. The molecule has 2 fully saturated rings. The van der Waals surface area contributed by atoms with Gasteiger partial charge < -0.3 is 14.4 Å². The number of benzene rings is 1. The summed E-state index contributed by atoms with van der Waals surface area (Å²) in [6.45, 7) is 4.78. The van der Waals surface area contributed by atoms with Crippen molar-refractivity contribution in [3.8, 4) is 11.1 Å². The smallest absolute Gasteiger partial charge is 0.220 e. The van der Waals surface area contributed by atoms with Crippen molar-refractivity contribution in [3.05, 3.63) is 35.5 Å². The van der Waals surface area contributed by atoms with Gasteiger partial charge in [0, 0.05) is 31.1 Å². The monoisotopic (exact) mass is 457 g/mol. The molecule has 1 aromatic carbocycles. The van der Waals surface area contributed by atoms with Gasteiger partial charge in [0.1, 0.15) is 11.6 Å². The van der Waals surface area contributed by atoms with Gasteiger partial charge in [-0.25, -0.2) is 17.7 Å². The maximum Gasteiger partial charge on any atom is 0.220 e. The van der Waals surface area contributed by atoms with E-state index in [0.29, 0.717) is 38.8 Å². The highest BCUT2D eigenvalue weighted by molar-refractivity contribution is 7.88. The van der Waals surface area contributed by atoms with Crippen LogP contribution in [0.4, 0.5) is 0 Å². The second kappa shape index (κ2) is 7.70. The first-order chi connectivity index (χ1) is 15.2. The second-order valence-electron chi connectivity index (χ2n) is 8.79. The van der Waals surface area contributed by atoms with Gasteiger partial charge in [-0.15, -0.1) is 0 Å². The van der Waals surface area contributed by atoms with E-state index in [0.717, 1.165) is 39.4 Å². The van der Waals surface area contributed by atoms with Crippen LogP contribution >= 0.6 is 0 Å². The van der Waals surface area contributed by atoms with E-state index in [2.05, 4.69) is 27.2 Å². The highest BCUT2D eigenvalue weighted by Crippen LogP contribution is 2.36. The van der Waals surface area contributed by atoms with Crippen molar-refractivity contribution in [1.82, 2.24) is 24.3 Å². The standard InChI is InChI=1S/C22H27N5O4S/c1-13-21(14(2)31-25-13)15-4-6-19-18(12-15)24-22(17-5-7-20(28)23-17)27(19)16-8-10-26(11-9-16)32(3,29)30/h4,6,12,16-17H,5,7-11H2,1-3H3,(H,23,28). The van der Waals surface area contributed by atoms with Crippen LogP contribution in [0, 0.1) is 13.8 Å². The highest BCUT2D eigenvalue weighted by Gasteiger charge is 2.33. The van der Waals surface area contributed by atoms with Crippen molar-refractivity contribution < 1.29 is 17.7 Å². The van der Waals surface area contributed by atoms with E-state index >= 15 is 0 Å². The average Bonchev–Trinajstić information content (AvgIpc) is 3.43. The Bertz CT molecular complexity index is 1280. The van der Waals surface area contributed by atoms with E-state index in [1.54, 1.807) is 0 Å². The lowest BCUT2D eigenvalue weighted by Crippen LogP contribution is -2.39. The number of fused-ring (bicyclic) bond motifs is 1. The lowest BCUT2D eigenvalue weighted by atomic mass is 10.0. The Morgan fingerprint density at radius 2 is 1.91 bits per heavy atom. The number of aryl methyl sites for hydroxylation is 2. The molecule has 170 valence electrons. The third-order valence-electron chi connectivity index (χ3n) is 6.60. The number of nitrogens with one attached hydrogen (secondary N) is 1. The first-order valence-corrected chi connectivity index (χ1v) is 12.8. The van der Waals surface area contributed by atoms with Crippen molar-refractivity contribution >= 4 is 27.0 Å². The van der Waals surface area contributed by atoms with Gasteiger partial charge in [0.05, 0.1) is 29.0 Å². The Hall–Kier alpha value is -2.72. The zero-order chi connectivity index (χ0) is 22.6. The number of sulfonamides is 1. The summed E-state index contributed by atoms with van der Waals surface area (Å²) in [5.74, 6) is 1.65. The minimum Gasteiger partial charge on any atom is -0.361 e. The molecule has 0 aliphatic carbocycles. The van der Waals surface area contributed by atoms with E-state index in [9.17, 15) is 13.2 Å². The van der Waals surface area contributed by atoms with Crippen LogP contribution in [0.3, 0.4) is 0 Å². The first kappa shape index (κ1) is 21.1. The molecule has 0 saturated carbocycles. The molecule has 2 aromatic heterocycles. The fraction of sp³-hybridized carbons (Fsp3) is 0.500. The number of imidazole rings is 1. The van der Waals surface area contributed by atoms with Crippen molar-refractivity contribution in [2.75, 3.05) is 19.3 Å². The molecule has 2 aliphatic heterocycles. The van der Waals surface area contributed by atoms with Crippen molar-refractivity contribution in [1.29, 1.82) is 0 Å². The number of aromatic nitrogens is 3. The minimum atomic E-state index is -3.20. The quantitative estimate of drug-likeness (QED) is 0.645. The molecular weight excluding hydrogens is 430 g/mol. The topological polar surface area (TPSA) is 110 Å². The van der Waals surface area contributed by atoms with Crippen molar-refractivity contribution in [3.63, 3.8) is 0 Å². The zero-order valence-electron chi connectivity index (χ0n) is 18.5. The molecule has 2 saturated heterocycles. The lowest BCUT2D eigenvalue weighted by Gasteiger charge is -2.32. The van der Waals surface area contributed by atoms with Crippen LogP contribution in [0.1, 0.15) is 55.0 Å². The fourth-order valence-corrected chi connectivity index (χ4v) is 5.91. The Balaban J connectivity index is 1.58. The lowest BCUT2D eigenvalue weighted by molar-refractivity contribution is -0.119. The van der Waals surface area contributed by atoms with Gasteiger partial charge in [-0.3, -0.25) is 4.79 Å². The second-order valence-corrected chi connectivity index (χ2v) is 10.8. The van der Waals surface area contributed by atoms with Gasteiger partial charge in [-0.05, 0) is 50.8 Å². The number of nitrogens with zero attached hydrogens (tertiary/aromatic N) is 4. The highest BCUT2D eigenvalue weighted by atomic mass is 32.2. The number of piperidine rings is 1. The van der Waals surface area contributed by atoms with Crippen LogP contribution < -0.4 is 5.32 Å². The molecule has 0 spiro atoms. The number of carbonyl (C=O) groups excluding carboxylic acids is 1. The molecule has 1 N–H and O–H groups in total. The number of amides is 1. The normalized spacial score (nSPS) is 20.8. The Labute approximate surface area is 186 Å². The van der Waals surface area contributed by atoms with Gasteiger partial charge >= 0.3 is 0 Å². The average molecular weight is 458 g/mol. The predicted molar refractivity (Wildman–Crippen MR) is 120 cm³/mol. The summed E-state index contributed by atoms with van der Waals surface area (Å²) in [5, 5.41) is 7.12. The molecule has 1 amide bonds. The minimum absolute atomic E-state index is 0.0388. The van der Waals surface area contributed by atoms with Crippen LogP contribution in [0.25, 0.3) is 22.2 Å². The van der Waals surface area contributed by atoms with Crippen LogP contribution in [0.5, 0.6) is 0 Å². The molecule has 3 aromatic rings. The van der Waals surface area contributed by atoms with Crippen LogP contribution in [-0.4, -0.2) is 52.7 Å². The number of carbonyl (C=O) groups is 1. The Kier molecular flexibility index (Phi) is 5.09. The molecule has 5 rings (SSSR count). The predicted octanol–water partition coefficient (Wildman–Crippen LogP) is 2.86. The molecule has 0 radical (unpaired) electrons. The SMILES string of the molecule is Cc1noc(C)c1-c1ccc2c(c1)nc(C1CCC(=O)N1)n2C1CCN(S(C)(=O)=O)CC1. The number of rotatable bonds is 4. The third kappa shape index (κ3) is 3.61. The van der Waals surface area contributed by atoms with Crippen LogP contribution in [0.2, 0.25) is 0 Å². The maximum absolute atomic E-state index is 12.0. The van der Waals surface area contributed by atoms with E-state index < -0.39 is 10.0 Å². The molecule has 9 nitrogen and oxygen atoms in total. The molecule has 4 heterocycles. The third-order valence-corrected chi connectivity index (χ3v) is 7.91. The number of hydrogen-bond acceptors (Lipinski definition) is 6. The van der Waals surface area contributed by atoms with Gasteiger partial charge in [-0.2, -0.15) is 0 Å². The Morgan fingerprint density at radius 3 is 2.50 bits per heavy atom. The van der Waals surface area contributed by atoms with Crippen LogP contribution in [0.15, 0.2) is 22.7 Å². The van der Waals surface area contributed by atoms with Crippen molar-refractivity contribution in [2.24, 2.45) is 0 Å². The van der Waals surface area contributed by atoms with E-state index in [-0.39, 0.29) is 18.0 Å². The van der Waals surface area contributed by atoms with E-state index in [1.165, 1.54) is 10.6 Å². The molecule has 32 heavy (non-hydrogen) atoms.